The fourth-order valence-corrected chi connectivity index (χ4v) is 1.80. The largest absolute Gasteiger partial charge is 0.324 e. The molecule has 0 unspecified atom stereocenters. The highest BCUT2D eigenvalue weighted by Crippen LogP contribution is 2.30. The Morgan fingerprint density at radius 1 is 1.29 bits per heavy atom. The van der Waals surface area contributed by atoms with Gasteiger partial charge in [0, 0.05) is 21.7 Å². The van der Waals surface area contributed by atoms with Crippen LogP contribution in [0.15, 0.2) is 18.2 Å². The maximum atomic E-state index is 12.0. The maximum Gasteiger partial charge on any atom is 0.0912 e. The summed E-state index contributed by atoms with van der Waals surface area (Å²) in [4.78, 5) is 0. The molecule has 0 aliphatic rings. The number of alkyl halides is 1. The Kier molecular flexibility index (Phi) is 6.45. The van der Waals surface area contributed by atoms with Gasteiger partial charge < -0.3 is 5.73 Å². The monoisotopic (exact) mass is 257 g/mol. The first-order valence-electron chi connectivity index (χ1n) is 3.92. The van der Waals surface area contributed by atoms with Crippen LogP contribution in [0.4, 0.5) is 4.39 Å². The van der Waals surface area contributed by atoms with Crippen LogP contribution in [0.2, 0.25) is 10.0 Å². The van der Waals surface area contributed by atoms with E-state index in [1.807, 2.05) is 0 Å². The quantitative estimate of drug-likeness (QED) is 0.877. The number of nitrogens with two attached hydrogens (primary N) is 1. The Labute approximate surface area is 98.8 Å². The van der Waals surface area contributed by atoms with Gasteiger partial charge in [0.25, 0.3) is 0 Å². The van der Waals surface area contributed by atoms with Gasteiger partial charge in [0.2, 0.25) is 0 Å². The van der Waals surface area contributed by atoms with E-state index < -0.39 is 12.7 Å². The Balaban J connectivity index is 0.00000169. The van der Waals surface area contributed by atoms with Crippen molar-refractivity contribution in [1.29, 1.82) is 0 Å². The highest BCUT2D eigenvalue weighted by molar-refractivity contribution is 6.36. The molecule has 0 radical (unpaired) electrons. The van der Waals surface area contributed by atoms with Crippen LogP contribution in [-0.4, -0.2) is 6.67 Å². The van der Waals surface area contributed by atoms with Gasteiger partial charge in [0.15, 0.2) is 0 Å². The zero-order chi connectivity index (χ0) is 9.84. The third-order valence-electron chi connectivity index (χ3n) is 1.79. The van der Waals surface area contributed by atoms with Gasteiger partial charge in [-0.05, 0) is 18.6 Å². The normalized spacial score (nSPS) is 12.0. The van der Waals surface area contributed by atoms with Crippen molar-refractivity contribution >= 4 is 35.6 Å². The van der Waals surface area contributed by atoms with Crippen LogP contribution in [0.25, 0.3) is 0 Å². The standard InChI is InChI=1S/C9H10Cl2FN.ClH/c10-6-2-1-3-7(11)9(6)8(13)4-5-12;/h1-3,8H,4-5,13H2;1H/t8-;/m0./s1. The molecule has 5 heteroatoms. The number of benzene rings is 1. The second-order valence-electron chi connectivity index (χ2n) is 2.72. The zero-order valence-electron chi connectivity index (χ0n) is 7.34. The Bertz CT molecular complexity index is 273. The molecule has 1 nitrogen and oxygen atoms in total. The predicted molar refractivity (Wildman–Crippen MR) is 61.2 cm³/mol. The summed E-state index contributed by atoms with van der Waals surface area (Å²) >= 11 is 11.7. The van der Waals surface area contributed by atoms with Gasteiger partial charge in [0.1, 0.15) is 0 Å². The van der Waals surface area contributed by atoms with Gasteiger partial charge in [0.05, 0.1) is 6.67 Å². The van der Waals surface area contributed by atoms with E-state index in [1.54, 1.807) is 18.2 Å². The highest BCUT2D eigenvalue weighted by atomic mass is 35.5. The van der Waals surface area contributed by atoms with E-state index in [2.05, 4.69) is 0 Å². The lowest BCUT2D eigenvalue weighted by molar-refractivity contribution is 0.442. The molecule has 1 rings (SSSR count). The van der Waals surface area contributed by atoms with Crippen LogP contribution in [0.3, 0.4) is 0 Å². The molecule has 0 saturated carbocycles. The van der Waals surface area contributed by atoms with Gasteiger partial charge in [-0.15, -0.1) is 12.4 Å². The highest BCUT2D eigenvalue weighted by Gasteiger charge is 2.13. The van der Waals surface area contributed by atoms with Crippen LogP contribution >= 0.6 is 35.6 Å². The van der Waals surface area contributed by atoms with Gasteiger partial charge in [-0.2, -0.15) is 0 Å². The molecule has 0 aromatic heterocycles. The second-order valence-corrected chi connectivity index (χ2v) is 3.53. The average Bonchev–Trinajstić information content (AvgIpc) is 2.04. The molecule has 1 aromatic rings. The molecule has 1 atom stereocenters. The molecule has 0 aliphatic carbocycles. The van der Waals surface area contributed by atoms with E-state index in [0.29, 0.717) is 15.6 Å². The zero-order valence-corrected chi connectivity index (χ0v) is 9.67. The minimum Gasteiger partial charge on any atom is -0.324 e. The van der Waals surface area contributed by atoms with Crippen molar-refractivity contribution in [2.75, 3.05) is 6.67 Å². The summed E-state index contributed by atoms with van der Waals surface area (Å²) in [6.07, 6.45) is 0.240. The third-order valence-corrected chi connectivity index (χ3v) is 2.45. The molecule has 0 spiro atoms. The van der Waals surface area contributed by atoms with E-state index in [9.17, 15) is 4.39 Å². The topological polar surface area (TPSA) is 26.0 Å². The van der Waals surface area contributed by atoms with Crippen LogP contribution in [0.1, 0.15) is 18.0 Å². The minimum absolute atomic E-state index is 0. The Hall–Kier alpha value is -0.0200. The number of hydrogen-bond donors (Lipinski definition) is 1. The number of rotatable bonds is 3. The van der Waals surface area contributed by atoms with Crippen LogP contribution < -0.4 is 5.73 Å². The average molecular weight is 259 g/mol. The summed E-state index contributed by atoms with van der Waals surface area (Å²) in [5, 5.41) is 0.988. The summed E-state index contributed by atoms with van der Waals surface area (Å²) in [5.41, 5.74) is 6.33. The second kappa shape index (κ2) is 6.46. The van der Waals surface area contributed by atoms with E-state index in [-0.39, 0.29) is 18.8 Å². The molecular formula is C9H11Cl3FN. The Morgan fingerprint density at radius 2 is 1.79 bits per heavy atom. The van der Waals surface area contributed by atoms with Gasteiger partial charge in [-0.3, -0.25) is 4.39 Å². The fraction of sp³-hybridized carbons (Fsp3) is 0.333. The van der Waals surface area contributed by atoms with Gasteiger partial charge in [-0.25, -0.2) is 0 Å². The molecule has 0 fully saturated rings. The molecule has 1 aromatic carbocycles. The molecule has 0 heterocycles. The first kappa shape index (κ1) is 14.0. The fourth-order valence-electron chi connectivity index (χ4n) is 1.13. The SMILES string of the molecule is Cl.N[C@@H](CCF)c1c(Cl)cccc1Cl. The summed E-state index contributed by atoms with van der Waals surface area (Å²) in [6, 6.07) is 4.70. The van der Waals surface area contributed by atoms with E-state index in [0.717, 1.165) is 0 Å². The summed E-state index contributed by atoms with van der Waals surface area (Å²) in [7, 11) is 0. The molecule has 14 heavy (non-hydrogen) atoms. The van der Waals surface area contributed by atoms with Gasteiger partial charge in [-0.1, -0.05) is 29.3 Å². The molecular weight excluding hydrogens is 247 g/mol. The lowest BCUT2D eigenvalue weighted by atomic mass is 10.1. The molecule has 0 bridgehead atoms. The smallest absolute Gasteiger partial charge is 0.0912 e. The summed E-state index contributed by atoms with van der Waals surface area (Å²) in [6.45, 7) is -0.470. The maximum absolute atomic E-state index is 12.0. The first-order valence-corrected chi connectivity index (χ1v) is 4.68. The third kappa shape index (κ3) is 3.28. The summed E-state index contributed by atoms with van der Waals surface area (Å²) in [5.74, 6) is 0. The first-order chi connectivity index (χ1) is 6.16. The van der Waals surface area contributed by atoms with Crippen molar-refractivity contribution < 1.29 is 4.39 Å². The van der Waals surface area contributed by atoms with Crippen LogP contribution in [0.5, 0.6) is 0 Å². The minimum atomic E-state index is -0.470. The lowest BCUT2D eigenvalue weighted by Crippen LogP contribution is -2.12. The van der Waals surface area contributed by atoms with Crippen molar-refractivity contribution in [3.05, 3.63) is 33.8 Å². The van der Waals surface area contributed by atoms with Crippen molar-refractivity contribution in [3.63, 3.8) is 0 Å². The molecule has 0 aliphatic heterocycles. The Morgan fingerprint density at radius 3 is 2.21 bits per heavy atom. The number of halogens is 4. The predicted octanol–water partition coefficient (Wildman–Crippen LogP) is 3.77. The van der Waals surface area contributed by atoms with Crippen molar-refractivity contribution in [3.8, 4) is 0 Å². The van der Waals surface area contributed by atoms with E-state index in [1.165, 1.54) is 0 Å². The van der Waals surface area contributed by atoms with Gasteiger partial charge >= 0.3 is 0 Å². The molecule has 0 amide bonds. The van der Waals surface area contributed by atoms with Crippen molar-refractivity contribution in [2.24, 2.45) is 5.73 Å². The van der Waals surface area contributed by atoms with E-state index in [4.69, 9.17) is 28.9 Å². The number of hydrogen-bond acceptors (Lipinski definition) is 1. The van der Waals surface area contributed by atoms with Crippen LogP contribution in [0, 0.1) is 0 Å². The lowest BCUT2D eigenvalue weighted by Gasteiger charge is -2.13. The van der Waals surface area contributed by atoms with Crippen molar-refractivity contribution in [2.45, 2.75) is 12.5 Å². The van der Waals surface area contributed by atoms with Crippen LogP contribution in [-0.2, 0) is 0 Å². The van der Waals surface area contributed by atoms with E-state index >= 15 is 0 Å². The molecule has 2 N–H and O–H groups in total. The van der Waals surface area contributed by atoms with Crippen molar-refractivity contribution in [1.82, 2.24) is 0 Å². The summed E-state index contributed by atoms with van der Waals surface area (Å²) < 4.78 is 12.0. The molecule has 0 saturated heterocycles. The molecule has 80 valence electrons.